The van der Waals surface area contributed by atoms with Crippen molar-refractivity contribution in [1.82, 2.24) is 10.3 Å². The van der Waals surface area contributed by atoms with Gasteiger partial charge in [0.15, 0.2) is 0 Å². The van der Waals surface area contributed by atoms with Gasteiger partial charge in [-0.1, -0.05) is 23.7 Å². The van der Waals surface area contributed by atoms with E-state index in [1.165, 1.54) is 0 Å². The molecule has 2 aliphatic heterocycles. The van der Waals surface area contributed by atoms with E-state index in [0.29, 0.717) is 23.4 Å². The standard InChI is InChI=1S/C25H32ClN3O2/c1-17-5-6-20(15-27-17)25(30)13-22-12-23(24(26)16-29-22)19-3-2-4-21(11-19)28-14-18-7-9-31-10-8-18/h2-4,11-12,16-18,20,27-28H,5-10,13-15H2,1H3/t17-,20+/m0/s1. The molecule has 2 fully saturated rings. The van der Waals surface area contributed by atoms with Gasteiger partial charge in [-0.2, -0.15) is 0 Å². The summed E-state index contributed by atoms with van der Waals surface area (Å²) >= 11 is 6.49. The lowest BCUT2D eigenvalue weighted by atomic mass is 9.89. The first-order valence-corrected chi connectivity index (χ1v) is 11.8. The zero-order valence-electron chi connectivity index (χ0n) is 18.2. The van der Waals surface area contributed by atoms with Gasteiger partial charge in [-0.25, -0.2) is 0 Å². The first-order chi connectivity index (χ1) is 15.1. The van der Waals surface area contributed by atoms with E-state index in [0.717, 1.165) is 74.5 Å². The Morgan fingerprint density at radius 2 is 2.06 bits per heavy atom. The van der Waals surface area contributed by atoms with Crippen LogP contribution in [0, 0.1) is 11.8 Å². The van der Waals surface area contributed by atoms with Crippen molar-refractivity contribution in [1.29, 1.82) is 0 Å². The Kier molecular flexibility index (Phi) is 7.59. The van der Waals surface area contributed by atoms with Crippen LogP contribution in [0.2, 0.25) is 5.02 Å². The van der Waals surface area contributed by atoms with Gasteiger partial charge < -0.3 is 15.4 Å². The van der Waals surface area contributed by atoms with Crippen LogP contribution in [-0.4, -0.2) is 43.1 Å². The SMILES string of the molecule is C[C@H]1CC[C@@H](C(=O)Cc2cc(-c3cccc(NCC4CCOCC4)c3)c(Cl)cn2)CN1. The molecule has 2 aromatic rings. The maximum Gasteiger partial charge on any atom is 0.143 e. The van der Waals surface area contributed by atoms with Crippen molar-refractivity contribution in [3.05, 3.63) is 47.2 Å². The van der Waals surface area contributed by atoms with Gasteiger partial charge in [-0.3, -0.25) is 9.78 Å². The first kappa shape index (κ1) is 22.3. The normalized spacial score (nSPS) is 22.3. The number of benzene rings is 1. The van der Waals surface area contributed by atoms with E-state index in [2.05, 4.69) is 40.7 Å². The van der Waals surface area contributed by atoms with Crippen LogP contribution < -0.4 is 10.6 Å². The highest BCUT2D eigenvalue weighted by Crippen LogP contribution is 2.30. The Morgan fingerprint density at radius 1 is 1.23 bits per heavy atom. The second-order valence-electron chi connectivity index (χ2n) is 8.90. The third-order valence-electron chi connectivity index (χ3n) is 6.49. The second kappa shape index (κ2) is 10.6. The summed E-state index contributed by atoms with van der Waals surface area (Å²) in [6, 6.07) is 10.8. The van der Waals surface area contributed by atoms with Gasteiger partial charge >= 0.3 is 0 Å². The van der Waals surface area contributed by atoms with Gasteiger partial charge in [0.05, 0.1) is 5.02 Å². The number of ketones is 1. The van der Waals surface area contributed by atoms with E-state index < -0.39 is 0 Å². The molecule has 0 bridgehead atoms. The number of hydrogen-bond donors (Lipinski definition) is 2. The predicted molar refractivity (Wildman–Crippen MR) is 126 cm³/mol. The Hall–Kier alpha value is -1.95. The molecule has 0 radical (unpaired) electrons. The van der Waals surface area contributed by atoms with Gasteiger partial charge in [0.2, 0.25) is 0 Å². The Balaban J connectivity index is 1.43. The molecule has 6 heteroatoms. The fourth-order valence-corrected chi connectivity index (χ4v) is 4.62. The number of rotatable bonds is 7. The zero-order valence-corrected chi connectivity index (χ0v) is 19.0. The van der Waals surface area contributed by atoms with Gasteiger partial charge in [0, 0.05) is 67.8 Å². The van der Waals surface area contributed by atoms with Crippen LogP contribution in [0.5, 0.6) is 0 Å². The third kappa shape index (κ3) is 6.06. The molecule has 0 unspecified atom stereocenters. The lowest BCUT2D eigenvalue weighted by Crippen LogP contribution is -2.40. The maximum absolute atomic E-state index is 12.8. The number of carbonyl (C=O) groups excluding carboxylic acids is 1. The van der Waals surface area contributed by atoms with Crippen LogP contribution in [0.4, 0.5) is 5.69 Å². The Labute approximate surface area is 189 Å². The molecule has 3 heterocycles. The molecule has 1 aromatic carbocycles. The summed E-state index contributed by atoms with van der Waals surface area (Å²) in [6.45, 7) is 5.60. The summed E-state index contributed by atoms with van der Waals surface area (Å²) in [7, 11) is 0. The topological polar surface area (TPSA) is 63.2 Å². The number of aromatic nitrogens is 1. The summed E-state index contributed by atoms with van der Waals surface area (Å²) in [5.74, 6) is 0.985. The highest BCUT2D eigenvalue weighted by molar-refractivity contribution is 6.33. The number of pyridine rings is 1. The molecular formula is C25H32ClN3O2. The molecule has 4 rings (SSSR count). The number of carbonyl (C=O) groups is 1. The molecule has 0 aliphatic carbocycles. The van der Waals surface area contributed by atoms with Crippen LogP contribution in [0.15, 0.2) is 36.5 Å². The lowest BCUT2D eigenvalue weighted by Gasteiger charge is -2.26. The average molecular weight is 442 g/mol. The van der Waals surface area contributed by atoms with Gasteiger partial charge in [0.25, 0.3) is 0 Å². The number of ether oxygens (including phenoxy) is 1. The molecule has 0 amide bonds. The van der Waals surface area contributed by atoms with E-state index in [9.17, 15) is 4.79 Å². The molecule has 0 saturated carbocycles. The Morgan fingerprint density at radius 3 is 2.84 bits per heavy atom. The van der Waals surface area contributed by atoms with Crippen molar-refractivity contribution in [3.63, 3.8) is 0 Å². The van der Waals surface area contributed by atoms with E-state index in [1.807, 2.05) is 12.1 Å². The van der Waals surface area contributed by atoms with E-state index in [4.69, 9.17) is 16.3 Å². The second-order valence-corrected chi connectivity index (χ2v) is 9.31. The monoisotopic (exact) mass is 441 g/mol. The number of Topliss-reactive ketones (excluding diaryl/α,β-unsaturated/α-hetero) is 1. The molecule has 2 aliphatic rings. The van der Waals surface area contributed by atoms with E-state index >= 15 is 0 Å². The molecule has 1 aromatic heterocycles. The van der Waals surface area contributed by atoms with Crippen molar-refractivity contribution in [2.75, 3.05) is 31.6 Å². The minimum Gasteiger partial charge on any atom is -0.385 e. The van der Waals surface area contributed by atoms with Gasteiger partial charge in [-0.15, -0.1) is 0 Å². The summed E-state index contributed by atoms with van der Waals surface area (Å²) in [4.78, 5) is 17.2. The average Bonchev–Trinajstić information content (AvgIpc) is 2.80. The number of nitrogens with zero attached hydrogens (tertiary/aromatic N) is 1. The fourth-order valence-electron chi connectivity index (χ4n) is 4.41. The smallest absolute Gasteiger partial charge is 0.143 e. The molecule has 31 heavy (non-hydrogen) atoms. The van der Waals surface area contributed by atoms with Crippen LogP contribution >= 0.6 is 11.6 Å². The number of anilines is 1. The number of piperidine rings is 1. The van der Waals surface area contributed by atoms with Crippen LogP contribution in [0.3, 0.4) is 0 Å². The maximum atomic E-state index is 12.8. The van der Waals surface area contributed by atoms with Crippen molar-refractivity contribution < 1.29 is 9.53 Å². The molecule has 2 N–H and O–H groups in total. The van der Waals surface area contributed by atoms with E-state index in [1.54, 1.807) is 6.20 Å². The summed E-state index contributed by atoms with van der Waals surface area (Å²) in [5, 5.41) is 7.58. The lowest BCUT2D eigenvalue weighted by molar-refractivity contribution is -0.122. The summed E-state index contributed by atoms with van der Waals surface area (Å²) in [6.07, 6.45) is 6.23. The van der Waals surface area contributed by atoms with Crippen molar-refractivity contribution in [3.8, 4) is 11.1 Å². The van der Waals surface area contributed by atoms with Crippen LogP contribution in [0.1, 0.15) is 38.3 Å². The molecule has 166 valence electrons. The molecule has 2 atom stereocenters. The molecule has 5 nitrogen and oxygen atoms in total. The number of nitrogens with one attached hydrogen (secondary N) is 2. The molecule has 2 saturated heterocycles. The fraction of sp³-hybridized carbons (Fsp3) is 0.520. The van der Waals surface area contributed by atoms with Gasteiger partial charge in [-0.05, 0) is 62.3 Å². The van der Waals surface area contributed by atoms with Gasteiger partial charge in [0.1, 0.15) is 5.78 Å². The quantitative estimate of drug-likeness (QED) is 0.649. The highest BCUT2D eigenvalue weighted by Gasteiger charge is 2.24. The summed E-state index contributed by atoms with van der Waals surface area (Å²) < 4.78 is 5.45. The molecular weight excluding hydrogens is 410 g/mol. The zero-order chi connectivity index (χ0) is 21.6. The number of hydrogen-bond acceptors (Lipinski definition) is 5. The largest absolute Gasteiger partial charge is 0.385 e. The van der Waals surface area contributed by atoms with Crippen molar-refractivity contribution >= 4 is 23.1 Å². The Bertz CT molecular complexity index is 890. The van der Waals surface area contributed by atoms with E-state index in [-0.39, 0.29) is 11.7 Å². The minimum absolute atomic E-state index is 0.0786. The minimum atomic E-state index is 0.0786. The highest BCUT2D eigenvalue weighted by atomic mass is 35.5. The first-order valence-electron chi connectivity index (χ1n) is 11.4. The van der Waals surface area contributed by atoms with Crippen molar-refractivity contribution in [2.45, 2.75) is 45.1 Å². The van der Waals surface area contributed by atoms with Crippen LogP contribution in [-0.2, 0) is 16.0 Å². The molecule has 0 spiro atoms. The summed E-state index contributed by atoms with van der Waals surface area (Å²) in [5.41, 5.74) is 3.82. The third-order valence-corrected chi connectivity index (χ3v) is 6.79. The van der Waals surface area contributed by atoms with Crippen molar-refractivity contribution in [2.24, 2.45) is 11.8 Å². The number of halogens is 1. The predicted octanol–water partition coefficient (Wildman–Crippen LogP) is 4.74. The van der Waals surface area contributed by atoms with Crippen LogP contribution in [0.25, 0.3) is 11.1 Å².